The molecule has 0 amide bonds. The van der Waals surface area contributed by atoms with E-state index in [0.29, 0.717) is 0 Å². The zero-order chi connectivity index (χ0) is 13.3. The highest BCUT2D eigenvalue weighted by molar-refractivity contribution is 5.79. The van der Waals surface area contributed by atoms with Gasteiger partial charge in [-0.3, -0.25) is 4.79 Å². The topological polar surface area (TPSA) is 26.3 Å². The van der Waals surface area contributed by atoms with Crippen molar-refractivity contribution in [1.29, 1.82) is 0 Å². The number of carbonyl (C=O) groups excluding carboxylic acids is 1. The van der Waals surface area contributed by atoms with Gasteiger partial charge >= 0.3 is 5.97 Å². The molecule has 1 aliphatic carbocycles. The first kappa shape index (κ1) is 12.9. The molecule has 18 heavy (non-hydrogen) atoms. The fourth-order valence-corrected chi connectivity index (χ4v) is 2.63. The number of carbonyl (C=O) groups is 1. The summed E-state index contributed by atoms with van der Waals surface area (Å²) in [4.78, 5) is 11.7. The predicted octanol–water partition coefficient (Wildman–Crippen LogP) is 3.54. The molecule has 2 atom stereocenters. The van der Waals surface area contributed by atoms with Crippen molar-refractivity contribution in [2.24, 2.45) is 17.3 Å². The van der Waals surface area contributed by atoms with Crippen LogP contribution in [0.25, 0.3) is 5.57 Å². The van der Waals surface area contributed by atoms with Crippen LogP contribution in [0, 0.1) is 17.3 Å². The first-order valence-corrected chi connectivity index (χ1v) is 6.30. The number of methoxy groups -OCH3 is 1. The Morgan fingerprint density at radius 1 is 1.28 bits per heavy atom. The third-order valence-corrected chi connectivity index (χ3v) is 4.02. The fraction of sp³-hybridized carbons (Fsp3) is 0.438. The average Bonchev–Trinajstić information content (AvgIpc) is 2.91. The lowest BCUT2D eigenvalue weighted by Crippen LogP contribution is -2.07. The summed E-state index contributed by atoms with van der Waals surface area (Å²) in [7, 11) is 1.46. The Balaban J connectivity index is 2.18. The highest BCUT2D eigenvalue weighted by Crippen LogP contribution is 2.60. The fourth-order valence-electron chi connectivity index (χ4n) is 2.63. The molecule has 1 aromatic rings. The Kier molecular flexibility index (Phi) is 3.29. The van der Waals surface area contributed by atoms with Crippen molar-refractivity contribution in [3.05, 3.63) is 42.0 Å². The minimum atomic E-state index is -0.0953. The molecule has 2 rings (SSSR count). The minimum absolute atomic E-state index is 0.00108. The molecule has 0 heterocycles. The molecular weight excluding hydrogens is 224 g/mol. The number of rotatable bonds is 3. The lowest BCUT2D eigenvalue weighted by atomic mass is 10.0. The maximum atomic E-state index is 11.7. The van der Waals surface area contributed by atoms with Gasteiger partial charge in [0.05, 0.1) is 13.0 Å². The highest BCUT2D eigenvalue weighted by Gasteiger charge is 2.61. The number of hydrogen-bond acceptors (Lipinski definition) is 2. The van der Waals surface area contributed by atoms with Crippen LogP contribution >= 0.6 is 0 Å². The Bertz CT molecular complexity index is 471. The van der Waals surface area contributed by atoms with Crippen LogP contribution < -0.4 is 0 Å². The molecule has 96 valence electrons. The van der Waals surface area contributed by atoms with E-state index >= 15 is 0 Å². The monoisotopic (exact) mass is 244 g/mol. The maximum Gasteiger partial charge on any atom is 0.309 e. The van der Waals surface area contributed by atoms with Gasteiger partial charge in [0, 0.05) is 0 Å². The SMILES string of the molecule is COC(=O)C1C(/C=C(\C)c2ccccc2)C1(C)C. The molecule has 0 spiro atoms. The first-order valence-electron chi connectivity index (χ1n) is 6.30. The molecule has 0 aliphatic heterocycles. The minimum Gasteiger partial charge on any atom is -0.469 e. The summed E-state index contributed by atoms with van der Waals surface area (Å²) in [6.45, 7) is 6.33. The zero-order valence-corrected chi connectivity index (χ0v) is 11.4. The molecule has 0 saturated heterocycles. The molecule has 1 fully saturated rings. The summed E-state index contributed by atoms with van der Waals surface area (Å²) in [5, 5.41) is 0. The van der Waals surface area contributed by atoms with Crippen molar-refractivity contribution < 1.29 is 9.53 Å². The van der Waals surface area contributed by atoms with Crippen LogP contribution in [0.4, 0.5) is 0 Å². The Morgan fingerprint density at radius 2 is 1.89 bits per heavy atom. The van der Waals surface area contributed by atoms with E-state index in [1.807, 2.05) is 18.2 Å². The van der Waals surface area contributed by atoms with Crippen molar-refractivity contribution in [3.8, 4) is 0 Å². The van der Waals surface area contributed by atoms with Crippen molar-refractivity contribution in [1.82, 2.24) is 0 Å². The van der Waals surface area contributed by atoms with E-state index < -0.39 is 0 Å². The van der Waals surface area contributed by atoms with Crippen molar-refractivity contribution in [2.45, 2.75) is 20.8 Å². The summed E-state index contributed by atoms with van der Waals surface area (Å²) in [6, 6.07) is 10.3. The molecule has 2 nitrogen and oxygen atoms in total. The quantitative estimate of drug-likeness (QED) is 0.760. The van der Waals surface area contributed by atoms with E-state index in [2.05, 4.69) is 39.0 Å². The second-order valence-corrected chi connectivity index (χ2v) is 5.56. The van der Waals surface area contributed by atoms with Gasteiger partial charge in [0.2, 0.25) is 0 Å². The van der Waals surface area contributed by atoms with E-state index in [0.717, 1.165) is 0 Å². The van der Waals surface area contributed by atoms with Gasteiger partial charge in [0.1, 0.15) is 0 Å². The summed E-state index contributed by atoms with van der Waals surface area (Å²) < 4.78 is 4.86. The number of allylic oxidation sites excluding steroid dienone is 2. The summed E-state index contributed by atoms with van der Waals surface area (Å²) >= 11 is 0. The summed E-state index contributed by atoms with van der Waals surface area (Å²) in [5.74, 6) is 0.188. The second-order valence-electron chi connectivity index (χ2n) is 5.56. The number of esters is 1. The van der Waals surface area contributed by atoms with Gasteiger partial charge in [-0.05, 0) is 29.4 Å². The second kappa shape index (κ2) is 4.60. The largest absolute Gasteiger partial charge is 0.469 e. The Morgan fingerprint density at radius 3 is 2.44 bits per heavy atom. The molecule has 1 aromatic carbocycles. The Labute approximate surface area is 109 Å². The van der Waals surface area contributed by atoms with Gasteiger partial charge in [-0.1, -0.05) is 50.3 Å². The van der Waals surface area contributed by atoms with E-state index in [1.54, 1.807) is 0 Å². The molecule has 1 aliphatic rings. The normalized spacial score (nSPS) is 25.7. The van der Waals surface area contributed by atoms with E-state index in [1.165, 1.54) is 18.2 Å². The van der Waals surface area contributed by atoms with Crippen LogP contribution in [0.5, 0.6) is 0 Å². The maximum absolute atomic E-state index is 11.7. The van der Waals surface area contributed by atoms with Crippen molar-refractivity contribution >= 4 is 11.5 Å². The van der Waals surface area contributed by atoms with Gasteiger partial charge in [-0.25, -0.2) is 0 Å². The lowest BCUT2D eigenvalue weighted by molar-refractivity contribution is -0.143. The molecule has 2 unspecified atom stereocenters. The standard InChI is InChI=1S/C16H20O2/c1-11(12-8-6-5-7-9-12)10-13-14(15(17)18-4)16(13,2)3/h5-10,13-14H,1-4H3/b11-10+. The molecule has 0 radical (unpaired) electrons. The lowest BCUT2D eigenvalue weighted by Gasteiger charge is -2.02. The average molecular weight is 244 g/mol. The molecule has 0 bridgehead atoms. The van der Waals surface area contributed by atoms with Gasteiger partial charge in [-0.2, -0.15) is 0 Å². The number of ether oxygens (including phenoxy) is 1. The summed E-state index contributed by atoms with van der Waals surface area (Å²) in [6.07, 6.45) is 2.21. The zero-order valence-electron chi connectivity index (χ0n) is 11.4. The van der Waals surface area contributed by atoms with Crippen LogP contribution in [0.3, 0.4) is 0 Å². The van der Waals surface area contributed by atoms with E-state index in [9.17, 15) is 4.79 Å². The van der Waals surface area contributed by atoms with E-state index in [4.69, 9.17) is 4.74 Å². The third kappa shape index (κ3) is 2.20. The first-order chi connectivity index (χ1) is 8.48. The predicted molar refractivity (Wildman–Crippen MR) is 72.9 cm³/mol. The van der Waals surface area contributed by atoms with Crippen LogP contribution in [0.15, 0.2) is 36.4 Å². The van der Waals surface area contributed by atoms with Gasteiger partial charge in [-0.15, -0.1) is 0 Å². The molecule has 0 aromatic heterocycles. The molecule has 2 heteroatoms. The molecule has 0 N–H and O–H groups in total. The van der Waals surface area contributed by atoms with Gasteiger partial charge < -0.3 is 4.74 Å². The van der Waals surface area contributed by atoms with Crippen molar-refractivity contribution in [2.75, 3.05) is 7.11 Å². The molecular formula is C16H20O2. The number of hydrogen-bond donors (Lipinski definition) is 0. The third-order valence-electron chi connectivity index (χ3n) is 4.02. The molecule has 1 saturated carbocycles. The van der Waals surface area contributed by atoms with Gasteiger partial charge in [0.15, 0.2) is 0 Å². The van der Waals surface area contributed by atoms with Crippen LogP contribution in [-0.4, -0.2) is 13.1 Å². The smallest absolute Gasteiger partial charge is 0.309 e. The van der Waals surface area contributed by atoms with Crippen LogP contribution in [0.2, 0.25) is 0 Å². The van der Waals surface area contributed by atoms with Gasteiger partial charge in [0.25, 0.3) is 0 Å². The van der Waals surface area contributed by atoms with Crippen LogP contribution in [-0.2, 0) is 9.53 Å². The Hall–Kier alpha value is -1.57. The summed E-state index contributed by atoms with van der Waals surface area (Å²) in [5.41, 5.74) is 2.45. The van der Waals surface area contributed by atoms with Crippen molar-refractivity contribution in [3.63, 3.8) is 0 Å². The highest BCUT2D eigenvalue weighted by atomic mass is 16.5. The van der Waals surface area contributed by atoms with Crippen LogP contribution in [0.1, 0.15) is 26.3 Å². The number of benzene rings is 1. The van der Waals surface area contributed by atoms with E-state index in [-0.39, 0.29) is 23.2 Å².